The van der Waals surface area contributed by atoms with E-state index in [0.29, 0.717) is 13.2 Å². The van der Waals surface area contributed by atoms with Gasteiger partial charge in [-0.1, -0.05) is 42.5 Å². The highest BCUT2D eigenvalue weighted by atomic mass is 16.6. The molecule has 4 heteroatoms. The van der Waals surface area contributed by atoms with Crippen LogP contribution in [0.4, 0.5) is 0 Å². The molecule has 2 aliphatic rings. The molecule has 2 unspecified atom stereocenters. The van der Waals surface area contributed by atoms with Crippen LogP contribution in [0.1, 0.15) is 5.56 Å². The first kappa shape index (κ1) is 18.2. The quantitative estimate of drug-likeness (QED) is 0.516. The van der Waals surface area contributed by atoms with E-state index in [4.69, 9.17) is 18.9 Å². The van der Waals surface area contributed by atoms with Crippen LogP contribution >= 0.6 is 0 Å². The molecule has 3 aromatic rings. The summed E-state index contributed by atoms with van der Waals surface area (Å²) < 4.78 is 21.9. The van der Waals surface area contributed by atoms with Gasteiger partial charge >= 0.3 is 0 Å². The minimum atomic E-state index is 0.273. The molecule has 0 saturated carbocycles. The second-order valence-electron chi connectivity index (χ2n) is 7.61. The molecule has 0 spiro atoms. The van der Waals surface area contributed by atoms with Gasteiger partial charge in [0, 0.05) is 0 Å². The average Bonchev–Trinajstić information content (AvgIpc) is 3.67. The number of benzene rings is 3. The Kier molecular flexibility index (Phi) is 4.96. The fourth-order valence-electron chi connectivity index (χ4n) is 3.29. The van der Waals surface area contributed by atoms with Gasteiger partial charge in [0.1, 0.15) is 36.9 Å². The van der Waals surface area contributed by atoms with Crippen LogP contribution in [-0.2, 0) is 9.47 Å². The maximum absolute atomic E-state index is 5.83. The van der Waals surface area contributed by atoms with Crippen molar-refractivity contribution in [1.82, 2.24) is 0 Å². The van der Waals surface area contributed by atoms with Gasteiger partial charge in [0.05, 0.1) is 13.2 Å². The molecule has 2 atom stereocenters. The van der Waals surface area contributed by atoms with Gasteiger partial charge in [0.15, 0.2) is 0 Å². The lowest BCUT2D eigenvalue weighted by Crippen LogP contribution is -2.04. The summed E-state index contributed by atoms with van der Waals surface area (Å²) in [5, 5.41) is 0. The lowest BCUT2D eigenvalue weighted by atomic mass is 9.99. The first-order chi connectivity index (χ1) is 14.2. The summed E-state index contributed by atoms with van der Waals surface area (Å²) in [7, 11) is 0. The zero-order valence-corrected chi connectivity index (χ0v) is 16.5. The third kappa shape index (κ3) is 4.61. The highest BCUT2D eigenvalue weighted by Crippen LogP contribution is 2.29. The normalized spacial score (nSPS) is 19.6. The standard InChI is InChI=1S/C25H24O4/c1-17-12-21(8-11-25(17)29-16-24-15-28-24)20-4-2-18(3-5-20)19-6-9-22(10-7-19)26-13-23-14-27-23/h2-12,23-24H,13-16H2,1H3. The lowest BCUT2D eigenvalue weighted by Gasteiger charge is -2.11. The van der Waals surface area contributed by atoms with Crippen molar-refractivity contribution in [2.45, 2.75) is 19.1 Å². The van der Waals surface area contributed by atoms with Crippen molar-refractivity contribution in [3.8, 4) is 33.8 Å². The van der Waals surface area contributed by atoms with Crippen molar-refractivity contribution in [1.29, 1.82) is 0 Å². The van der Waals surface area contributed by atoms with Gasteiger partial charge in [-0.3, -0.25) is 0 Å². The van der Waals surface area contributed by atoms with E-state index in [1.165, 1.54) is 22.3 Å². The zero-order valence-electron chi connectivity index (χ0n) is 16.5. The Morgan fingerprint density at radius 1 is 0.690 bits per heavy atom. The number of rotatable bonds is 8. The van der Waals surface area contributed by atoms with Crippen LogP contribution in [0.25, 0.3) is 22.3 Å². The van der Waals surface area contributed by atoms with Gasteiger partial charge in [-0.2, -0.15) is 0 Å². The molecule has 0 N–H and O–H groups in total. The van der Waals surface area contributed by atoms with Crippen molar-refractivity contribution in [2.75, 3.05) is 26.4 Å². The van der Waals surface area contributed by atoms with Gasteiger partial charge in [-0.15, -0.1) is 0 Å². The molecule has 0 radical (unpaired) electrons. The minimum Gasteiger partial charge on any atom is -0.491 e. The molecule has 2 heterocycles. The van der Waals surface area contributed by atoms with E-state index in [1.807, 2.05) is 18.2 Å². The molecule has 0 aliphatic carbocycles. The molecule has 3 aromatic carbocycles. The molecule has 5 rings (SSSR count). The molecule has 0 amide bonds. The van der Waals surface area contributed by atoms with Crippen molar-refractivity contribution in [3.63, 3.8) is 0 Å². The van der Waals surface area contributed by atoms with Crippen LogP contribution < -0.4 is 9.47 Å². The molecule has 2 aliphatic heterocycles. The topological polar surface area (TPSA) is 43.5 Å². The predicted octanol–water partition coefficient (Wildman–Crippen LogP) is 4.88. The SMILES string of the molecule is Cc1cc(-c2ccc(-c3ccc(OCC4CO4)cc3)cc2)ccc1OCC1CO1. The number of epoxide rings is 2. The molecular formula is C25H24O4. The number of ether oxygens (including phenoxy) is 4. The molecule has 2 saturated heterocycles. The Hall–Kier alpha value is -2.82. The summed E-state index contributed by atoms with van der Waals surface area (Å²) in [4.78, 5) is 0. The highest BCUT2D eigenvalue weighted by molar-refractivity contribution is 5.71. The van der Waals surface area contributed by atoms with E-state index in [-0.39, 0.29) is 12.2 Å². The monoisotopic (exact) mass is 388 g/mol. The number of hydrogen-bond donors (Lipinski definition) is 0. The molecule has 4 nitrogen and oxygen atoms in total. The van der Waals surface area contributed by atoms with Gasteiger partial charge in [-0.05, 0) is 59.0 Å². The Morgan fingerprint density at radius 3 is 1.72 bits per heavy atom. The highest BCUT2D eigenvalue weighted by Gasteiger charge is 2.23. The first-order valence-corrected chi connectivity index (χ1v) is 10.0. The van der Waals surface area contributed by atoms with Crippen LogP contribution in [0, 0.1) is 6.92 Å². The van der Waals surface area contributed by atoms with E-state index >= 15 is 0 Å². The molecule has 148 valence electrons. The van der Waals surface area contributed by atoms with Crippen LogP contribution in [0.2, 0.25) is 0 Å². The largest absolute Gasteiger partial charge is 0.491 e. The fraction of sp³-hybridized carbons (Fsp3) is 0.280. The maximum atomic E-state index is 5.83. The first-order valence-electron chi connectivity index (χ1n) is 10.0. The van der Waals surface area contributed by atoms with Crippen molar-refractivity contribution in [3.05, 3.63) is 72.3 Å². The van der Waals surface area contributed by atoms with E-state index in [1.54, 1.807) is 0 Å². The average molecular weight is 388 g/mol. The molecule has 0 aromatic heterocycles. The molecule has 29 heavy (non-hydrogen) atoms. The second kappa shape index (κ2) is 7.90. The van der Waals surface area contributed by atoms with Gasteiger partial charge < -0.3 is 18.9 Å². The van der Waals surface area contributed by atoms with Gasteiger partial charge in [-0.25, -0.2) is 0 Å². The summed E-state index contributed by atoms with van der Waals surface area (Å²) >= 11 is 0. The van der Waals surface area contributed by atoms with Crippen LogP contribution in [0.15, 0.2) is 66.7 Å². The Balaban J connectivity index is 1.26. The predicted molar refractivity (Wildman–Crippen MR) is 113 cm³/mol. The van der Waals surface area contributed by atoms with E-state index in [2.05, 4.69) is 55.5 Å². The summed E-state index contributed by atoms with van der Waals surface area (Å²) in [6.07, 6.45) is 0.549. The van der Waals surface area contributed by atoms with Gasteiger partial charge in [0.25, 0.3) is 0 Å². The third-order valence-electron chi connectivity index (χ3n) is 5.25. The molecule has 0 bridgehead atoms. The Labute approximate surface area is 171 Å². The van der Waals surface area contributed by atoms with E-state index in [9.17, 15) is 0 Å². The minimum absolute atomic E-state index is 0.273. The summed E-state index contributed by atoms with van der Waals surface area (Å²) in [5.74, 6) is 1.81. The Bertz CT molecular complexity index is 971. The smallest absolute Gasteiger partial charge is 0.122 e. The third-order valence-corrected chi connectivity index (χ3v) is 5.25. The summed E-state index contributed by atoms with van der Waals surface area (Å²) in [5.41, 5.74) is 5.88. The van der Waals surface area contributed by atoms with E-state index < -0.39 is 0 Å². The fourth-order valence-corrected chi connectivity index (χ4v) is 3.29. The van der Waals surface area contributed by atoms with Crippen LogP contribution in [-0.4, -0.2) is 38.6 Å². The maximum Gasteiger partial charge on any atom is 0.122 e. The molecule has 2 fully saturated rings. The van der Waals surface area contributed by atoms with E-state index in [0.717, 1.165) is 30.3 Å². The van der Waals surface area contributed by atoms with Crippen molar-refractivity contribution < 1.29 is 18.9 Å². The molecular weight excluding hydrogens is 364 g/mol. The number of aryl methyl sites for hydroxylation is 1. The second-order valence-corrected chi connectivity index (χ2v) is 7.61. The summed E-state index contributed by atoms with van der Waals surface area (Å²) in [6.45, 7) is 4.97. The lowest BCUT2D eigenvalue weighted by molar-refractivity contribution is 0.262. The number of hydrogen-bond acceptors (Lipinski definition) is 4. The van der Waals surface area contributed by atoms with Crippen molar-refractivity contribution >= 4 is 0 Å². The van der Waals surface area contributed by atoms with Crippen LogP contribution in [0.3, 0.4) is 0 Å². The Morgan fingerprint density at radius 2 is 1.17 bits per heavy atom. The van der Waals surface area contributed by atoms with Crippen LogP contribution in [0.5, 0.6) is 11.5 Å². The summed E-state index contributed by atoms with van der Waals surface area (Å²) in [6, 6.07) is 23.2. The van der Waals surface area contributed by atoms with Crippen molar-refractivity contribution in [2.24, 2.45) is 0 Å². The zero-order chi connectivity index (χ0) is 19.6. The van der Waals surface area contributed by atoms with Gasteiger partial charge in [0.2, 0.25) is 0 Å².